The highest BCUT2D eigenvalue weighted by Gasteiger charge is 2.47. The fourth-order valence-corrected chi connectivity index (χ4v) is 4.78. The molecule has 0 bridgehead atoms. The molecule has 2 heterocycles. The number of guanidine groups is 1. The van der Waals surface area contributed by atoms with Crippen molar-refractivity contribution in [3.63, 3.8) is 0 Å². The van der Waals surface area contributed by atoms with E-state index in [9.17, 15) is 14.4 Å². The Hall–Kier alpha value is -3.68. The molecule has 2 aliphatic heterocycles. The molecule has 0 aromatic heterocycles. The Kier molecular flexibility index (Phi) is 6.41. The normalized spacial score (nSPS) is 20.9. The minimum atomic E-state index is -1.05. The molecule has 1 unspecified atom stereocenters. The number of nitrogens with one attached hydrogen (secondary N) is 3. The van der Waals surface area contributed by atoms with Crippen molar-refractivity contribution < 1.29 is 14.4 Å². The van der Waals surface area contributed by atoms with E-state index in [4.69, 9.17) is 5.41 Å². The van der Waals surface area contributed by atoms with Gasteiger partial charge in [0.2, 0.25) is 5.91 Å². The maximum absolute atomic E-state index is 13.5. The van der Waals surface area contributed by atoms with Crippen molar-refractivity contribution in [3.05, 3.63) is 59.7 Å². The molecule has 0 spiro atoms. The molecule has 2 fully saturated rings. The summed E-state index contributed by atoms with van der Waals surface area (Å²) in [5.41, 5.74) is 2.04. The van der Waals surface area contributed by atoms with Crippen LogP contribution in [0.5, 0.6) is 0 Å². The van der Waals surface area contributed by atoms with Gasteiger partial charge in [0, 0.05) is 39.2 Å². The van der Waals surface area contributed by atoms with E-state index in [1.807, 2.05) is 54.3 Å². The van der Waals surface area contributed by atoms with Crippen LogP contribution >= 0.6 is 0 Å². The molecule has 2 saturated heterocycles. The maximum Gasteiger partial charge on any atom is 0.259 e. The summed E-state index contributed by atoms with van der Waals surface area (Å²) in [6, 6.07) is 15.0. The van der Waals surface area contributed by atoms with Crippen LogP contribution in [0.2, 0.25) is 0 Å². The Labute approximate surface area is 199 Å². The molecule has 4 rings (SSSR count). The second-order valence-electron chi connectivity index (χ2n) is 9.20. The van der Waals surface area contributed by atoms with E-state index in [0.29, 0.717) is 25.2 Å². The first kappa shape index (κ1) is 23.5. The third-order valence-electron chi connectivity index (χ3n) is 6.94. The summed E-state index contributed by atoms with van der Waals surface area (Å²) in [6.07, 6.45) is 1.65. The monoisotopic (exact) mass is 461 g/mol. The summed E-state index contributed by atoms with van der Waals surface area (Å²) in [5, 5.41) is 14.2. The fraction of sp³-hybridized carbons (Fsp3) is 0.385. The zero-order valence-corrected chi connectivity index (χ0v) is 19.9. The minimum Gasteiger partial charge on any atom is -0.355 e. The van der Waals surface area contributed by atoms with Crippen LogP contribution in [-0.2, 0) is 15.1 Å². The average molecular weight is 462 g/mol. The van der Waals surface area contributed by atoms with Gasteiger partial charge in [-0.1, -0.05) is 30.3 Å². The van der Waals surface area contributed by atoms with Crippen molar-refractivity contribution in [2.24, 2.45) is 5.92 Å². The molecule has 3 N–H and O–H groups in total. The van der Waals surface area contributed by atoms with Crippen LogP contribution in [0.15, 0.2) is 48.5 Å². The van der Waals surface area contributed by atoms with Gasteiger partial charge in [-0.25, -0.2) is 0 Å². The van der Waals surface area contributed by atoms with E-state index in [2.05, 4.69) is 10.6 Å². The lowest BCUT2D eigenvalue weighted by atomic mass is 9.89. The van der Waals surface area contributed by atoms with Crippen LogP contribution in [0.1, 0.15) is 42.6 Å². The van der Waals surface area contributed by atoms with Gasteiger partial charge in [0.05, 0.1) is 0 Å². The van der Waals surface area contributed by atoms with Crippen molar-refractivity contribution in [1.82, 2.24) is 20.4 Å². The third-order valence-corrected chi connectivity index (χ3v) is 6.94. The molecule has 0 aliphatic carbocycles. The summed E-state index contributed by atoms with van der Waals surface area (Å²) in [5.74, 6) is 0.133. The number of benzene rings is 2. The predicted octanol–water partition coefficient (Wildman–Crippen LogP) is 2.55. The fourth-order valence-electron chi connectivity index (χ4n) is 4.78. The molecule has 178 valence electrons. The van der Waals surface area contributed by atoms with Crippen LogP contribution in [-0.4, -0.2) is 60.2 Å². The van der Waals surface area contributed by atoms with Gasteiger partial charge in [0.15, 0.2) is 5.96 Å². The summed E-state index contributed by atoms with van der Waals surface area (Å²) < 4.78 is 0. The van der Waals surface area contributed by atoms with Crippen LogP contribution in [0.3, 0.4) is 0 Å². The lowest BCUT2D eigenvalue weighted by molar-refractivity contribution is -0.133. The molecule has 0 radical (unpaired) electrons. The number of amides is 3. The van der Waals surface area contributed by atoms with E-state index >= 15 is 0 Å². The first-order valence-electron chi connectivity index (χ1n) is 11.6. The van der Waals surface area contributed by atoms with Crippen LogP contribution in [0.25, 0.3) is 11.1 Å². The smallest absolute Gasteiger partial charge is 0.259 e. The number of hydrogen-bond acceptors (Lipinski definition) is 4. The standard InChI is InChI=1S/C26H31N5O3/c1-17(32)30-12-10-18(11-13-30)16-31-24(34)26(2,29-25(31)27)22-9-5-7-20(15-22)19-6-4-8-21(14-19)23(33)28-3/h4-9,14-15,18H,10-13,16H2,1-3H3,(H2,27,29)(H,28,33). The Balaban J connectivity index is 1.54. The Morgan fingerprint density at radius 1 is 1.12 bits per heavy atom. The summed E-state index contributed by atoms with van der Waals surface area (Å²) in [7, 11) is 1.60. The molecule has 2 aromatic rings. The van der Waals surface area contributed by atoms with Gasteiger partial charge in [-0.15, -0.1) is 0 Å². The lowest BCUT2D eigenvalue weighted by Gasteiger charge is -2.33. The van der Waals surface area contributed by atoms with Crippen molar-refractivity contribution >= 4 is 23.7 Å². The van der Waals surface area contributed by atoms with E-state index in [1.165, 1.54) is 4.90 Å². The first-order valence-corrected chi connectivity index (χ1v) is 11.6. The van der Waals surface area contributed by atoms with E-state index in [-0.39, 0.29) is 29.6 Å². The highest BCUT2D eigenvalue weighted by molar-refractivity contribution is 6.08. The van der Waals surface area contributed by atoms with E-state index in [0.717, 1.165) is 29.5 Å². The number of rotatable bonds is 5. The number of hydrogen-bond donors (Lipinski definition) is 3. The van der Waals surface area contributed by atoms with Crippen molar-refractivity contribution in [2.45, 2.75) is 32.2 Å². The van der Waals surface area contributed by atoms with Crippen molar-refractivity contribution in [3.8, 4) is 11.1 Å². The number of likely N-dealkylation sites (tertiary alicyclic amines) is 1. The summed E-state index contributed by atoms with van der Waals surface area (Å²) in [6.45, 7) is 5.24. The molecule has 2 aromatic carbocycles. The van der Waals surface area contributed by atoms with Gasteiger partial charge in [-0.2, -0.15) is 0 Å². The highest BCUT2D eigenvalue weighted by Crippen LogP contribution is 2.33. The van der Waals surface area contributed by atoms with E-state index < -0.39 is 5.54 Å². The third kappa shape index (κ3) is 4.40. The van der Waals surface area contributed by atoms with Gasteiger partial charge >= 0.3 is 0 Å². The minimum absolute atomic E-state index is 0.0819. The molecule has 1 atom stereocenters. The molecular formula is C26H31N5O3. The summed E-state index contributed by atoms with van der Waals surface area (Å²) in [4.78, 5) is 40.5. The predicted molar refractivity (Wildman–Crippen MR) is 130 cm³/mol. The summed E-state index contributed by atoms with van der Waals surface area (Å²) >= 11 is 0. The second kappa shape index (κ2) is 9.29. The maximum atomic E-state index is 13.5. The van der Waals surface area contributed by atoms with Gasteiger partial charge in [0.25, 0.3) is 11.8 Å². The molecule has 8 heteroatoms. The average Bonchev–Trinajstić information content (AvgIpc) is 3.07. The van der Waals surface area contributed by atoms with Gasteiger partial charge in [-0.3, -0.25) is 24.7 Å². The zero-order valence-electron chi connectivity index (χ0n) is 19.9. The highest BCUT2D eigenvalue weighted by atomic mass is 16.2. The Morgan fingerprint density at radius 2 is 1.76 bits per heavy atom. The number of carbonyl (C=O) groups excluding carboxylic acids is 3. The topological polar surface area (TPSA) is 106 Å². The molecule has 2 aliphatic rings. The number of piperidine rings is 1. The number of carbonyl (C=O) groups is 3. The largest absolute Gasteiger partial charge is 0.355 e. The lowest BCUT2D eigenvalue weighted by Crippen LogP contribution is -2.43. The van der Waals surface area contributed by atoms with Crippen LogP contribution in [0.4, 0.5) is 0 Å². The SMILES string of the molecule is CNC(=O)c1cccc(-c2cccc(C3(C)NC(=N)N(CC4CCN(C(C)=O)CC4)C3=O)c2)c1. The quantitative estimate of drug-likeness (QED) is 0.636. The van der Waals surface area contributed by atoms with Gasteiger partial charge in [-0.05, 0) is 60.6 Å². The zero-order chi connectivity index (χ0) is 24.5. The van der Waals surface area contributed by atoms with Gasteiger partial charge in [0.1, 0.15) is 5.54 Å². The van der Waals surface area contributed by atoms with E-state index in [1.54, 1.807) is 20.0 Å². The second-order valence-corrected chi connectivity index (χ2v) is 9.20. The number of nitrogens with zero attached hydrogens (tertiary/aromatic N) is 2. The van der Waals surface area contributed by atoms with Gasteiger partial charge < -0.3 is 15.5 Å². The first-order chi connectivity index (χ1) is 16.2. The van der Waals surface area contributed by atoms with Crippen LogP contribution in [0, 0.1) is 11.3 Å². The molecule has 8 nitrogen and oxygen atoms in total. The molecule has 0 saturated carbocycles. The molecule has 34 heavy (non-hydrogen) atoms. The van der Waals surface area contributed by atoms with Crippen LogP contribution < -0.4 is 10.6 Å². The Morgan fingerprint density at radius 3 is 2.41 bits per heavy atom. The van der Waals surface area contributed by atoms with Crippen molar-refractivity contribution in [1.29, 1.82) is 5.41 Å². The Bertz CT molecular complexity index is 1140. The molecular weight excluding hydrogens is 430 g/mol. The molecule has 3 amide bonds. The van der Waals surface area contributed by atoms with Crippen molar-refractivity contribution in [2.75, 3.05) is 26.7 Å².